The van der Waals surface area contributed by atoms with Crippen molar-refractivity contribution in [3.63, 3.8) is 0 Å². The van der Waals surface area contributed by atoms with Gasteiger partial charge < -0.3 is 15.1 Å². The number of nitrogens with zero attached hydrogens (tertiary/aromatic N) is 5. The Morgan fingerprint density at radius 2 is 1.66 bits per heavy atom. The van der Waals surface area contributed by atoms with Crippen molar-refractivity contribution in [2.24, 2.45) is 5.92 Å². The van der Waals surface area contributed by atoms with E-state index < -0.39 is 0 Å². The van der Waals surface area contributed by atoms with Crippen molar-refractivity contribution >= 4 is 28.2 Å². The van der Waals surface area contributed by atoms with Crippen LogP contribution < -0.4 is 5.32 Å². The van der Waals surface area contributed by atoms with E-state index in [1.54, 1.807) is 0 Å². The van der Waals surface area contributed by atoms with Gasteiger partial charge in [0, 0.05) is 81.2 Å². The summed E-state index contributed by atoms with van der Waals surface area (Å²) in [5.41, 5.74) is 2.10. The molecule has 2 saturated heterocycles. The lowest BCUT2D eigenvalue weighted by molar-refractivity contribution is -0.0454. The molecule has 1 aliphatic carbocycles. The van der Waals surface area contributed by atoms with E-state index in [4.69, 9.17) is 11.6 Å². The number of piperazine rings is 1. The molecule has 2 aromatic rings. The summed E-state index contributed by atoms with van der Waals surface area (Å²) in [6.45, 7) is 13.4. The van der Waals surface area contributed by atoms with Gasteiger partial charge in [0.2, 0.25) is 0 Å². The summed E-state index contributed by atoms with van der Waals surface area (Å²) in [5, 5.41) is 10.9. The molecule has 3 aliphatic rings. The minimum atomic E-state index is 0.735. The summed E-state index contributed by atoms with van der Waals surface area (Å²) >= 11 is 6.11. The van der Waals surface area contributed by atoms with E-state index in [0.717, 1.165) is 40.5 Å². The summed E-state index contributed by atoms with van der Waals surface area (Å²) in [4.78, 5) is 9.76. The van der Waals surface area contributed by atoms with Gasteiger partial charge >= 0.3 is 0 Å². The highest BCUT2D eigenvalue weighted by Gasteiger charge is 2.27. The molecule has 0 unspecified atom stereocenters. The maximum atomic E-state index is 6.11. The van der Waals surface area contributed by atoms with E-state index >= 15 is 0 Å². The maximum Gasteiger partial charge on any atom is 0.0737 e. The zero-order valence-corrected chi connectivity index (χ0v) is 22.1. The Bertz CT molecular complexity index is 921. The molecule has 0 amide bonds. The molecule has 1 saturated carbocycles. The van der Waals surface area contributed by atoms with Crippen LogP contribution in [0, 0.1) is 5.92 Å². The van der Waals surface area contributed by atoms with E-state index in [0.29, 0.717) is 0 Å². The smallest absolute Gasteiger partial charge is 0.0737 e. The molecule has 3 fully saturated rings. The number of aromatic nitrogens is 1. The number of pyridine rings is 1. The van der Waals surface area contributed by atoms with Crippen LogP contribution in [0.4, 0.5) is 5.69 Å². The first-order valence-corrected chi connectivity index (χ1v) is 14.3. The minimum absolute atomic E-state index is 0.735. The van der Waals surface area contributed by atoms with Gasteiger partial charge in [-0.1, -0.05) is 18.0 Å². The third-order valence-electron chi connectivity index (χ3n) is 7.93. The summed E-state index contributed by atoms with van der Waals surface area (Å²) in [7, 11) is 0. The topological polar surface area (TPSA) is 37.9 Å². The van der Waals surface area contributed by atoms with Crippen LogP contribution in [0.15, 0.2) is 30.5 Å². The lowest BCUT2D eigenvalue weighted by atomic mass is 10.1. The summed E-state index contributed by atoms with van der Waals surface area (Å²) in [5.74, 6) is 0.978. The Morgan fingerprint density at radius 3 is 2.40 bits per heavy atom. The van der Waals surface area contributed by atoms with E-state index in [2.05, 4.69) is 42.3 Å². The van der Waals surface area contributed by atoms with Gasteiger partial charge in [-0.15, -0.1) is 0 Å². The number of rotatable bonds is 12. The number of nitrogens with one attached hydrogen (secondary N) is 1. The van der Waals surface area contributed by atoms with Crippen LogP contribution in [0.5, 0.6) is 0 Å². The summed E-state index contributed by atoms with van der Waals surface area (Å²) in [6.07, 6.45) is 11.4. The number of fused-ring (bicyclic) bond motifs is 1. The zero-order valence-electron chi connectivity index (χ0n) is 21.3. The van der Waals surface area contributed by atoms with Crippen molar-refractivity contribution < 1.29 is 0 Å². The average Bonchev–Trinajstić information content (AvgIpc) is 3.71. The van der Waals surface area contributed by atoms with Crippen molar-refractivity contribution in [2.45, 2.75) is 44.9 Å². The molecule has 0 bridgehead atoms. The fourth-order valence-electron chi connectivity index (χ4n) is 5.62. The van der Waals surface area contributed by atoms with E-state index in [9.17, 15) is 0 Å². The SMILES string of the molecule is Clc1ccc2c(NCCCN3CCN(CCCN(CC4CC4)N4CCCCC4)CC3)ccnc2c1. The van der Waals surface area contributed by atoms with Gasteiger partial charge in [0.15, 0.2) is 0 Å². The third kappa shape index (κ3) is 7.53. The first-order valence-electron chi connectivity index (χ1n) is 14.0. The fraction of sp³-hybridized carbons (Fsp3) is 0.679. The van der Waals surface area contributed by atoms with Gasteiger partial charge in [-0.05, 0) is 81.8 Å². The van der Waals surface area contributed by atoms with Gasteiger partial charge in [0.25, 0.3) is 0 Å². The Labute approximate surface area is 216 Å². The molecule has 2 aliphatic heterocycles. The molecule has 1 aromatic carbocycles. The third-order valence-corrected chi connectivity index (χ3v) is 8.16. The number of hydrogen-bond donors (Lipinski definition) is 1. The molecule has 0 atom stereocenters. The highest BCUT2D eigenvalue weighted by atomic mass is 35.5. The molecule has 0 radical (unpaired) electrons. The van der Waals surface area contributed by atoms with Gasteiger partial charge in [0.05, 0.1) is 5.52 Å². The maximum absolute atomic E-state index is 6.11. The number of hydrazine groups is 1. The fourth-order valence-corrected chi connectivity index (χ4v) is 5.79. The minimum Gasteiger partial charge on any atom is -0.384 e. The molecule has 35 heavy (non-hydrogen) atoms. The van der Waals surface area contributed by atoms with Crippen molar-refractivity contribution in [3.05, 3.63) is 35.5 Å². The quantitative estimate of drug-likeness (QED) is 0.423. The first kappa shape index (κ1) is 25.2. The monoisotopic (exact) mass is 498 g/mol. The van der Waals surface area contributed by atoms with Crippen molar-refractivity contribution in [3.8, 4) is 0 Å². The van der Waals surface area contributed by atoms with E-state index in [1.165, 1.54) is 104 Å². The molecule has 6 nitrogen and oxygen atoms in total. The zero-order chi connectivity index (χ0) is 23.9. The van der Waals surface area contributed by atoms with Gasteiger partial charge in [-0.3, -0.25) is 4.98 Å². The molecule has 0 spiro atoms. The molecule has 5 rings (SSSR count). The van der Waals surface area contributed by atoms with Crippen LogP contribution in [0.2, 0.25) is 5.02 Å². The Hall–Kier alpha value is -1.44. The van der Waals surface area contributed by atoms with Crippen LogP contribution in [0.25, 0.3) is 10.9 Å². The van der Waals surface area contributed by atoms with Gasteiger partial charge in [-0.25, -0.2) is 10.0 Å². The second kappa shape index (κ2) is 12.7. The second-order valence-electron chi connectivity index (χ2n) is 10.7. The Kier molecular flexibility index (Phi) is 9.14. The van der Waals surface area contributed by atoms with Gasteiger partial charge in [0.1, 0.15) is 0 Å². The Morgan fingerprint density at radius 1 is 0.914 bits per heavy atom. The van der Waals surface area contributed by atoms with Crippen molar-refractivity contribution in [2.75, 3.05) is 77.3 Å². The number of piperidine rings is 1. The van der Waals surface area contributed by atoms with Crippen LogP contribution >= 0.6 is 11.6 Å². The van der Waals surface area contributed by atoms with Crippen LogP contribution in [-0.2, 0) is 0 Å². The highest BCUT2D eigenvalue weighted by Crippen LogP contribution is 2.30. The highest BCUT2D eigenvalue weighted by molar-refractivity contribution is 6.31. The molecule has 1 N–H and O–H groups in total. The number of halogens is 1. The van der Waals surface area contributed by atoms with Crippen molar-refractivity contribution in [1.82, 2.24) is 24.8 Å². The summed E-state index contributed by atoms with van der Waals surface area (Å²) in [6, 6.07) is 7.99. The number of benzene rings is 1. The van der Waals surface area contributed by atoms with Crippen LogP contribution in [-0.4, -0.2) is 96.8 Å². The molecular weight excluding hydrogens is 456 g/mol. The van der Waals surface area contributed by atoms with E-state index in [1.807, 2.05) is 18.3 Å². The Balaban J connectivity index is 0.972. The van der Waals surface area contributed by atoms with Crippen LogP contribution in [0.3, 0.4) is 0 Å². The molecule has 1 aromatic heterocycles. The predicted octanol–water partition coefficient (Wildman–Crippen LogP) is 4.81. The largest absolute Gasteiger partial charge is 0.384 e. The average molecular weight is 499 g/mol. The predicted molar refractivity (Wildman–Crippen MR) is 147 cm³/mol. The van der Waals surface area contributed by atoms with Gasteiger partial charge in [-0.2, -0.15) is 0 Å². The van der Waals surface area contributed by atoms with Crippen LogP contribution in [0.1, 0.15) is 44.9 Å². The molecular formula is C28H43ClN6. The standard InChI is InChI=1S/C28H43ClN6/c29-25-8-9-26-27(10-12-31-28(26)22-25)30-11-4-13-32-18-20-33(21-19-32)14-5-17-35(23-24-6-7-24)34-15-2-1-3-16-34/h8-10,12,22,24H,1-7,11,13-21,23H2,(H,30,31). The number of anilines is 1. The number of hydrogen-bond acceptors (Lipinski definition) is 6. The summed E-state index contributed by atoms with van der Waals surface area (Å²) < 4.78 is 0. The molecule has 3 heterocycles. The van der Waals surface area contributed by atoms with E-state index in [-0.39, 0.29) is 0 Å². The normalized spacial score (nSPS) is 20.6. The second-order valence-corrected chi connectivity index (χ2v) is 11.1. The van der Waals surface area contributed by atoms with Crippen molar-refractivity contribution in [1.29, 1.82) is 0 Å². The lowest BCUT2D eigenvalue weighted by Gasteiger charge is -2.39. The first-order chi connectivity index (χ1) is 17.2. The lowest BCUT2D eigenvalue weighted by Crippen LogP contribution is -2.49. The molecule has 7 heteroatoms. The molecule has 192 valence electrons.